The number of esters is 1. The summed E-state index contributed by atoms with van der Waals surface area (Å²) in [6, 6.07) is 7.99. The normalized spacial score (nSPS) is 13.0. The van der Waals surface area contributed by atoms with Crippen LogP contribution in [-0.2, 0) is 20.7 Å². The third kappa shape index (κ3) is 5.68. The van der Waals surface area contributed by atoms with Gasteiger partial charge in [-0.3, -0.25) is 4.79 Å². The number of ketones is 1. The molecule has 0 saturated carbocycles. The van der Waals surface area contributed by atoms with E-state index in [2.05, 4.69) is 10.1 Å². The van der Waals surface area contributed by atoms with Crippen molar-refractivity contribution in [1.29, 1.82) is 0 Å². The molecule has 21 heavy (non-hydrogen) atoms. The zero-order valence-corrected chi connectivity index (χ0v) is 11.2. The molecule has 114 valence electrons. The van der Waals surface area contributed by atoms with E-state index in [9.17, 15) is 22.8 Å². The van der Waals surface area contributed by atoms with E-state index in [4.69, 9.17) is 0 Å². The van der Waals surface area contributed by atoms with Crippen molar-refractivity contribution in [3.05, 3.63) is 48.2 Å². The van der Waals surface area contributed by atoms with Gasteiger partial charge >= 0.3 is 12.1 Å². The van der Waals surface area contributed by atoms with Crippen LogP contribution < -0.4 is 5.32 Å². The van der Waals surface area contributed by atoms with Crippen molar-refractivity contribution in [1.82, 2.24) is 5.32 Å². The number of hydrogen-bond acceptors (Lipinski definition) is 4. The number of hydrogen-bond donors (Lipinski definition) is 1. The van der Waals surface area contributed by atoms with Gasteiger partial charge in [-0.05, 0) is 5.56 Å². The highest BCUT2D eigenvalue weighted by molar-refractivity contribution is 5.94. The van der Waals surface area contributed by atoms with E-state index >= 15 is 0 Å². The Bertz CT molecular complexity index is 512. The standard InChI is InChI=1S/C14H14F3NO3/c1-21-13(20)11(9-10-5-3-2-4-6-10)18-8-7-12(19)14(15,16)17/h2-8,11,18H,9H2,1H3/b8-7-/t11-/m0/s1. The molecule has 0 aliphatic carbocycles. The molecule has 0 saturated heterocycles. The molecule has 0 unspecified atom stereocenters. The van der Waals surface area contributed by atoms with E-state index in [0.717, 1.165) is 11.8 Å². The third-order valence-electron chi connectivity index (χ3n) is 2.58. The lowest BCUT2D eigenvalue weighted by atomic mass is 10.1. The fourth-order valence-corrected chi connectivity index (χ4v) is 1.54. The minimum atomic E-state index is -4.93. The SMILES string of the molecule is COC(=O)[C@H](Cc1ccccc1)N/C=C\C(=O)C(F)(F)F. The molecule has 0 heterocycles. The summed E-state index contributed by atoms with van der Waals surface area (Å²) in [5.41, 5.74) is 0.802. The first kappa shape index (κ1) is 16.7. The van der Waals surface area contributed by atoms with Gasteiger partial charge in [-0.25, -0.2) is 4.79 Å². The van der Waals surface area contributed by atoms with Crippen molar-refractivity contribution < 1.29 is 27.5 Å². The number of ether oxygens (including phenoxy) is 1. The van der Waals surface area contributed by atoms with Gasteiger partial charge < -0.3 is 10.1 Å². The van der Waals surface area contributed by atoms with E-state index in [-0.39, 0.29) is 6.42 Å². The summed E-state index contributed by atoms with van der Waals surface area (Å²) in [7, 11) is 1.17. The Labute approximate surface area is 119 Å². The molecule has 1 aromatic rings. The van der Waals surface area contributed by atoms with Gasteiger partial charge in [-0.1, -0.05) is 30.3 Å². The molecule has 1 rings (SSSR count). The van der Waals surface area contributed by atoms with Crippen LogP contribution in [0.15, 0.2) is 42.6 Å². The second-order valence-corrected chi connectivity index (χ2v) is 4.13. The lowest BCUT2D eigenvalue weighted by molar-refractivity contribution is -0.165. The van der Waals surface area contributed by atoms with Crippen LogP contribution in [0, 0.1) is 0 Å². The van der Waals surface area contributed by atoms with E-state index < -0.39 is 24.0 Å². The summed E-state index contributed by atoms with van der Waals surface area (Å²) >= 11 is 0. The molecule has 7 heteroatoms. The van der Waals surface area contributed by atoms with Crippen molar-refractivity contribution in [2.24, 2.45) is 0 Å². The fourth-order valence-electron chi connectivity index (χ4n) is 1.54. The second kappa shape index (κ2) is 7.47. The molecule has 0 radical (unpaired) electrons. The first-order valence-electron chi connectivity index (χ1n) is 6.00. The summed E-state index contributed by atoms with van der Waals surface area (Å²) in [5, 5.41) is 2.45. The van der Waals surface area contributed by atoms with Crippen molar-refractivity contribution in [3.8, 4) is 0 Å². The highest BCUT2D eigenvalue weighted by atomic mass is 19.4. The van der Waals surface area contributed by atoms with Crippen molar-refractivity contribution in [2.45, 2.75) is 18.6 Å². The van der Waals surface area contributed by atoms with Crippen LogP contribution in [0.25, 0.3) is 0 Å². The van der Waals surface area contributed by atoms with E-state index in [1.807, 2.05) is 0 Å². The number of alkyl halides is 3. The Hall–Kier alpha value is -2.31. The predicted molar refractivity (Wildman–Crippen MR) is 69.3 cm³/mol. The third-order valence-corrected chi connectivity index (χ3v) is 2.58. The molecule has 4 nitrogen and oxygen atoms in total. The van der Waals surface area contributed by atoms with Crippen LogP contribution in [0.5, 0.6) is 0 Å². The summed E-state index contributed by atoms with van der Waals surface area (Å²) in [6.45, 7) is 0. The van der Waals surface area contributed by atoms with E-state index in [1.54, 1.807) is 30.3 Å². The zero-order chi connectivity index (χ0) is 15.9. The summed E-state index contributed by atoms with van der Waals surface area (Å²) in [6.07, 6.45) is -3.57. The van der Waals surface area contributed by atoms with E-state index in [0.29, 0.717) is 6.08 Å². The molecule has 1 atom stereocenters. The Morgan fingerprint density at radius 2 is 1.90 bits per heavy atom. The molecule has 1 N–H and O–H groups in total. The Balaban J connectivity index is 2.70. The van der Waals surface area contributed by atoms with Crippen molar-refractivity contribution in [3.63, 3.8) is 0 Å². The molecule has 0 spiro atoms. The van der Waals surface area contributed by atoms with Crippen LogP contribution in [0.3, 0.4) is 0 Å². The van der Waals surface area contributed by atoms with Crippen LogP contribution in [0.1, 0.15) is 5.56 Å². The van der Waals surface area contributed by atoms with Crippen molar-refractivity contribution in [2.75, 3.05) is 7.11 Å². The molecule has 1 aromatic carbocycles. The van der Waals surface area contributed by atoms with Gasteiger partial charge in [0.15, 0.2) is 0 Å². The fraction of sp³-hybridized carbons (Fsp3) is 0.286. The molecule has 0 amide bonds. The molecule has 0 bridgehead atoms. The predicted octanol–water partition coefficient (Wildman–Crippen LogP) is 2.01. The molecule has 0 fully saturated rings. The van der Waals surface area contributed by atoms with Gasteiger partial charge in [0.1, 0.15) is 6.04 Å². The largest absolute Gasteiger partial charge is 0.467 e. The quantitative estimate of drug-likeness (QED) is 0.645. The van der Waals surface area contributed by atoms with Gasteiger partial charge in [0.2, 0.25) is 0 Å². The number of halogens is 3. The second-order valence-electron chi connectivity index (χ2n) is 4.13. The summed E-state index contributed by atoms with van der Waals surface area (Å²) in [5.74, 6) is -2.64. The minimum absolute atomic E-state index is 0.220. The zero-order valence-electron chi connectivity index (χ0n) is 11.2. The molecular formula is C14H14F3NO3. The van der Waals surface area contributed by atoms with Crippen LogP contribution in [0.4, 0.5) is 13.2 Å². The van der Waals surface area contributed by atoms with Gasteiger partial charge in [-0.2, -0.15) is 13.2 Å². The maximum Gasteiger partial charge on any atom is 0.454 e. The molecule has 0 aromatic heterocycles. The van der Waals surface area contributed by atoms with Gasteiger partial charge in [0, 0.05) is 18.7 Å². The van der Waals surface area contributed by atoms with Gasteiger partial charge in [0.05, 0.1) is 7.11 Å². The maximum atomic E-state index is 12.0. The number of carbonyl (C=O) groups is 2. The maximum absolute atomic E-state index is 12.0. The highest BCUT2D eigenvalue weighted by Gasteiger charge is 2.36. The first-order chi connectivity index (χ1) is 9.84. The van der Waals surface area contributed by atoms with Crippen molar-refractivity contribution >= 4 is 11.8 Å². The summed E-state index contributed by atoms with van der Waals surface area (Å²) < 4.78 is 40.6. The number of allylic oxidation sites excluding steroid dienone is 1. The average Bonchev–Trinajstić information content (AvgIpc) is 2.45. The number of methoxy groups -OCH3 is 1. The van der Waals surface area contributed by atoms with E-state index in [1.165, 1.54) is 7.11 Å². The van der Waals surface area contributed by atoms with Crippen LogP contribution in [0.2, 0.25) is 0 Å². The molecule has 0 aliphatic heterocycles. The summed E-state index contributed by atoms with van der Waals surface area (Å²) in [4.78, 5) is 22.2. The van der Waals surface area contributed by atoms with Gasteiger partial charge in [0.25, 0.3) is 5.78 Å². The monoisotopic (exact) mass is 301 g/mol. The minimum Gasteiger partial charge on any atom is -0.467 e. The lowest BCUT2D eigenvalue weighted by Gasteiger charge is -2.15. The van der Waals surface area contributed by atoms with Crippen LogP contribution in [-0.4, -0.2) is 31.1 Å². The number of carbonyl (C=O) groups excluding carboxylic acids is 2. The Morgan fingerprint density at radius 3 is 2.43 bits per heavy atom. The number of rotatable bonds is 6. The van der Waals surface area contributed by atoms with Gasteiger partial charge in [-0.15, -0.1) is 0 Å². The lowest BCUT2D eigenvalue weighted by Crippen LogP contribution is -2.36. The smallest absolute Gasteiger partial charge is 0.454 e. The topological polar surface area (TPSA) is 55.4 Å². The average molecular weight is 301 g/mol. The highest BCUT2D eigenvalue weighted by Crippen LogP contribution is 2.16. The number of nitrogens with one attached hydrogen (secondary N) is 1. The Morgan fingerprint density at radius 1 is 1.29 bits per heavy atom. The van der Waals surface area contributed by atoms with Crippen LogP contribution >= 0.6 is 0 Å². The molecular weight excluding hydrogens is 287 g/mol. The first-order valence-corrected chi connectivity index (χ1v) is 6.00. The Kier molecular flexibility index (Phi) is 5.95. The number of benzene rings is 1. The molecule has 0 aliphatic rings.